The third-order valence-electron chi connectivity index (χ3n) is 5.48. The molecule has 0 unspecified atom stereocenters. The summed E-state index contributed by atoms with van der Waals surface area (Å²) in [7, 11) is 2.59. The number of carbonyl (C=O) groups excluding carboxylic acids is 4. The van der Waals surface area contributed by atoms with Gasteiger partial charge in [-0.05, 0) is 35.1 Å². The summed E-state index contributed by atoms with van der Waals surface area (Å²) in [5.41, 5.74) is 2.00. The van der Waals surface area contributed by atoms with Crippen LogP contribution in [0.4, 0.5) is 5.69 Å². The zero-order valence-electron chi connectivity index (χ0n) is 18.5. The van der Waals surface area contributed by atoms with E-state index in [2.05, 4.69) is 5.32 Å². The molecule has 0 spiro atoms. The van der Waals surface area contributed by atoms with Crippen molar-refractivity contribution in [3.8, 4) is 0 Å². The number of fused-ring (bicyclic) bond motifs is 1. The largest absolute Gasteiger partial charge is 0.465 e. The molecule has 0 radical (unpaired) electrons. The lowest BCUT2D eigenvalue weighted by Gasteiger charge is -2.25. The number of nitrogens with one attached hydrogen (secondary N) is 1. The zero-order valence-corrected chi connectivity index (χ0v) is 18.5. The van der Waals surface area contributed by atoms with Gasteiger partial charge in [0, 0.05) is 7.05 Å². The molecule has 0 bridgehead atoms. The van der Waals surface area contributed by atoms with Gasteiger partial charge in [0.25, 0.3) is 17.7 Å². The van der Waals surface area contributed by atoms with Crippen molar-refractivity contribution < 1.29 is 23.9 Å². The van der Waals surface area contributed by atoms with Crippen molar-refractivity contribution in [1.29, 1.82) is 0 Å². The highest BCUT2D eigenvalue weighted by Gasteiger charge is 2.43. The molecule has 0 atom stereocenters. The lowest BCUT2D eigenvalue weighted by atomic mass is 9.92. The Bertz CT molecular complexity index is 1080. The Morgan fingerprint density at radius 2 is 1.52 bits per heavy atom. The number of esters is 1. The van der Waals surface area contributed by atoms with E-state index in [1.54, 1.807) is 0 Å². The van der Waals surface area contributed by atoms with Gasteiger partial charge in [-0.15, -0.1) is 0 Å². The number of para-hydroxylation sites is 1. The minimum absolute atomic E-state index is 0.0164. The Hall–Kier alpha value is -3.48. The second-order valence-electron chi connectivity index (χ2n) is 8.02. The molecular weight excluding hydrogens is 396 g/mol. The third-order valence-corrected chi connectivity index (χ3v) is 5.48. The van der Waals surface area contributed by atoms with E-state index in [0.717, 1.165) is 16.0 Å². The molecule has 0 aromatic heterocycles. The average Bonchev–Trinajstić information content (AvgIpc) is 3.01. The van der Waals surface area contributed by atoms with Crippen LogP contribution in [0.3, 0.4) is 0 Å². The topological polar surface area (TPSA) is 92.8 Å². The first kappa shape index (κ1) is 22.2. The van der Waals surface area contributed by atoms with Crippen LogP contribution in [0.15, 0.2) is 30.3 Å². The summed E-state index contributed by atoms with van der Waals surface area (Å²) in [6.45, 7) is 7.96. The Labute approximate surface area is 181 Å². The van der Waals surface area contributed by atoms with Gasteiger partial charge in [-0.2, -0.15) is 0 Å². The standard InChI is InChI=1S/C24H26N2O5/c1-12(2)14-8-7-9-15(13(3)4)20(14)26-22(28)17-11-10-16(21(27)25-5)19(24(30)31-6)18(17)23(26)29/h7-13H,1-6H3,(H,25,27). The van der Waals surface area contributed by atoms with Crippen molar-refractivity contribution in [1.82, 2.24) is 5.32 Å². The van der Waals surface area contributed by atoms with Crippen molar-refractivity contribution in [2.45, 2.75) is 39.5 Å². The number of benzene rings is 2. The van der Waals surface area contributed by atoms with Crippen molar-refractivity contribution in [2.75, 3.05) is 19.1 Å². The molecule has 2 aromatic carbocycles. The van der Waals surface area contributed by atoms with E-state index in [-0.39, 0.29) is 34.1 Å². The highest BCUT2D eigenvalue weighted by Crippen LogP contribution is 2.40. The number of ether oxygens (including phenoxy) is 1. The number of hydrogen-bond donors (Lipinski definition) is 1. The summed E-state index contributed by atoms with van der Waals surface area (Å²) >= 11 is 0. The summed E-state index contributed by atoms with van der Waals surface area (Å²) in [5, 5.41) is 2.45. The van der Waals surface area contributed by atoms with E-state index in [1.807, 2.05) is 45.9 Å². The van der Waals surface area contributed by atoms with Crippen LogP contribution in [-0.4, -0.2) is 37.8 Å². The molecule has 0 saturated carbocycles. The molecule has 1 aliphatic heterocycles. The fraction of sp³-hybridized carbons (Fsp3) is 0.333. The predicted octanol–water partition coefficient (Wildman–Crippen LogP) is 3.88. The molecular formula is C24H26N2O5. The first-order chi connectivity index (χ1) is 14.6. The number of hydrogen-bond acceptors (Lipinski definition) is 5. The van der Waals surface area contributed by atoms with Gasteiger partial charge in [0.15, 0.2) is 0 Å². The fourth-order valence-electron chi connectivity index (χ4n) is 3.94. The minimum Gasteiger partial charge on any atom is -0.465 e. The normalized spacial score (nSPS) is 13.1. The van der Waals surface area contributed by atoms with Gasteiger partial charge in [0.2, 0.25) is 0 Å². The van der Waals surface area contributed by atoms with Gasteiger partial charge in [-0.25, -0.2) is 9.69 Å². The summed E-state index contributed by atoms with van der Waals surface area (Å²) in [4.78, 5) is 53.1. The van der Waals surface area contributed by atoms with Crippen LogP contribution in [0, 0.1) is 0 Å². The lowest BCUT2D eigenvalue weighted by Crippen LogP contribution is -2.32. The molecule has 31 heavy (non-hydrogen) atoms. The first-order valence-electron chi connectivity index (χ1n) is 10.1. The van der Waals surface area contributed by atoms with Gasteiger partial charge in [-0.3, -0.25) is 14.4 Å². The highest BCUT2D eigenvalue weighted by atomic mass is 16.5. The number of amides is 3. The van der Waals surface area contributed by atoms with Crippen LogP contribution >= 0.6 is 0 Å². The second kappa shape index (κ2) is 8.34. The Morgan fingerprint density at radius 1 is 0.935 bits per heavy atom. The number of carbonyl (C=O) groups is 4. The predicted molar refractivity (Wildman–Crippen MR) is 117 cm³/mol. The Morgan fingerprint density at radius 3 is 2.00 bits per heavy atom. The highest BCUT2D eigenvalue weighted by molar-refractivity contribution is 6.37. The Balaban J connectivity index is 2.32. The van der Waals surface area contributed by atoms with Crippen LogP contribution in [0.5, 0.6) is 0 Å². The number of imide groups is 1. The van der Waals surface area contributed by atoms with E-state index in [9.17, 15) is 19.2 Å². The van der Waals surface area contributed by atoms with Gasteiger partial charge >= 0.3 is 5.97 Å². The smallest absolute Gasteiger partial charge is 0.339 e. The molecule has 2 aromatic rings. The first-order valence-corrected chi connectivity index (χ1v) is 10.1. The zero-order chi connectivity index (χ0) is 23.0. The van der Waals surface area contributed by atoms with Crippen molar-refractivity contribution in [2.24, 2.45) is 0 Å². The van der Waals surface area contributed by atoms with Crippen molar-refractivity contribution in [3.05, 3.63) is 63.7 Å². The molecule has 3 rings (SSSR count). The van der Waals surface area contributed by atoms with Crippen LogP contribution < -0.4 is 10.2 Å². The monoisotopic (exact) mass is 422 g/mol. The lowest BCUT2D eigenvalue weighted by molar-refractivity contribution is 0.0593. The van der Waals surface area contributed by atoms with Gasteiger partial charge in [0.05, 0.1) is 35.1 Å². The number of rotatable bonds is 5. The summed E-state index contributed by atoms with van der Waals surface area (Å²) in [6, 6.07) is 8.49. The van der Waals surface area contributed by atoms with E-state index < -0.39 is 23.7 Å². The maximum atomic E-state index is 13.6. The number of nitrogens with zero attached hydrogens (tertiary/aromatic N) is 1. The summed E-state index contributed by atoms with van der Waals surface area (Å²) < 4.78 is 4.84. The van der Waals surface area contributed by atoms with Crippen LogP contribution in [0.2, 0.25) is 0 Å². The molecule has 0 fully saturated rings. The maximum Gasteiger partial charge on any atom is 0.339 e. The van der Waals surface area contributed by atoms with E-state index in [0.29, 0.717) is 5.69 Å². The SMILES string of the molecule is CNC(=O)c1ccc2c(c1C(=O)OC)C(=O)N(c1c(C(C)C)cccc1C(C)C)C2=O. The maximum absolute atomic E-state index is 13.6. The van der Waals surface area contributed by atoms with Crippen LogP contribution in [-0.2, 0) is 4.74 Å². The summed E-state index contributed by atoms with van der Waals surface area (Å²) in [5.74, 6) is -2.45. The molecule has 162 valence electrons. The van der Waals surface area contributed by atoms with Gasteiger partial charge in [0.1, 0.15) is 0 Å². The quantitative estimate of drug-likeness (QED) is 0.583. The molecule has 3 amide bonds. The minimum atomic E-state index is -0.848. The van der Waals surface area contributed by atoms with E-state index >= 15 is 0 Å². The van der Waals surface area contributed by atoms with Crippen LogP contribution in [0.25, 0.3) is 0 Å². The number of anilines is 1. The number of methoxy groups -OCH3 is 1. The van der Waals surface area contributed by atoms with Gasteiger partial charge < -0.3 is 10.1 Å². The van der Waals surface area contributed by atoms with Crippen LogP contribution in [0.1, 0.15) is 92.1 Å². The molecule has 0 saturated heterocycles. The second-order valence-corrected chi connectivity index (χ2v) is 8.02. The molecule has 1 aliphatic rings. The average molecular weight is 422 g/mol. The summed E-state index contributed by atoms with van der Waals surface area (Å²) in [6.07, 6.45) is 0. The van der Waals surface area contributed by atoms with Crippen molar-refractivity contribution in [3.63, 3.8) is 0 Å². The molecule has 1 heterocycles. The third kappa shape index (κ3) is 3.50. The van der Waals surface area contributed by atoms with Gasteiger partial charge in [-0.1, -0.05) is 45.9 Å². The fourth-order valence-corrected chi connectivity index (χ4v) is 3.94. The molecule has 0 aliphatic carbocycles. The molecule has 1 N–H and O–H groups in total. The van der Waals surface area contributed by atoms with Crippen molar-refractivity contribution >= 4 is 29.4 Å². The Kier molecular flexibility index (Phi) is 5.97. The van der Waals surface area contributed by atoms with E-state index in [4.69, 9.17) is 4.74 Å². The van der Waals surface area contributed by atoms with E-state index in [1.165, 1.54) is 26.3 Å². The molecule has 7 nitrogen and oxygen atoms in total. The molecule has 7 heteroatoms.